The van der Waals surface area contributed by atoms with Crippen molar-refractivity contribution < 1.29 is 24.9 Å². The van der Waals surface area contributed by atoms with Crippen molar-refractivity contribution in [3.05, 3.63) is 12.2 Å². The highest BCUT2D eigenvalue weighted by molar-refractivity contribution is 5.88. The molecule has 0 aliphatic carbocycles. The molecule has 1 heterocycles. The van der Waals surface area contributed by atoms with E-state index >= 15 is 0 Å². The van der Waals surface area contributed by atoms with Gasteiger partial charge in [-0.1, -0.05) is 0 Å². The molecule has 1 aromatic rings. The minimum Gasteiger partial charge on any atom is -0.394 e. The number of aliphatic hydroxyl groups excluding tert-OH is 3. The summed E-state index contributed by atoms with van der Waals surface area (Å²) in [6.07, 6.45) is -0.652. The molecular weight excluding hydrogens is 232 g/mol. The van der Waals surface area contributed by atoms with Crippen molar-refractivity contribution >= 4 is 5.91 Å². The van der Waals surface area contributed by atoms with Crippen LogP contribution in [0.4, 0.5) is 0 Å². The molecule has 0 radical (unpaired) electrons. The van der Waals surface area contributed by atoms with Crippen LogP contribution in [0.3, 0.4) is 0 Å². The first-order chi connectivity index (χ1) is 8.12. The Morgan fingerprint density at radius 3 is 2.47 bits per heavy atom. The van der Waals surface area contributed by atoms with E-state index in [-0.39, 0.29) is 5.82 Å². The van der Waals surface area contributed by atoms with Gasteiger partial charge >= 0.3 is 0 Å². The average Bonchev–Trinajstić information content (AvgIpc) is 2.80. The summed E-state index contributed by atoms with van der Waals surface area (Å²) in [6.45, 7) is -1.28. The third kappa shape index (κ3) is 3.46. The molecule has 1 aromatic heterocycles. The molecule has 96 valence electrons. The van der Waals surface area contributed by atoms with Crippen molar-refractivity contribution in [3.8, 4) is 0 Å². The number of primary amides is 1. The van der Waals surface area contributed by atoms with Gasteiger partial charge in [0.05, 0.1) is 19.8 Å². The molecule has 0 spiro atoms. The van der Waals surface area contributed by atoms with Crippen LogP contribution in [0.1, 0.15) is 16.8 Å². The molecule has 0 aliphatic heterocycles. The Labute approximate surface area is 96.4 Å². The minimum absolute atomic E-state index is 0.211. The van der Waals surface area contributed by atoms with E-state index in [9.17, 15) is 4.79 Å². The minimum atomic E-state index is -0.958. The van der Waals surface area contributed by atoms with Gasteiger partial charge in [-0.3, -0.25) is 4.79 Å². The molecule has 1 amide bonds. The number of ether oxygens (including phenoxy) is 1. The van der Waals surface area contributed by atoms with Crippen LogP contribution in [-0.4, -0.2) is 61.9 Å². The van der Waals surface area contributed by atoms with Crippen molar-refractivity contribution in [2.75, 3.05) is 19.8 Å². The number of nitrogens with two attached hydrogens (primary N) is 1. The van der Waals surface area contributed by atoms with Crippen LogP contribution in [0, 0.1) is 0 Å². The van der Waals surface area contributed by atoms with E-state index in [1.165, 1.54) is 0 Å². The smallest absolute Gasteiger partial charge is 0.288 e. The summed E-state index contributed by atoms with van der Waals surface area (Å²) in [5, 5.41) is 30.4. The summed E-state index contributed by atoms with van der Waals surface area (Å²) >= 11 is 0. The van der Waals surface area contributed by atoms with Gasteiger partial charge in [-0.25, -0.2) is 9.67 Å². The van der Waals surface area contributed by atoms with Crippen molar-refractivity contribution in [2.45, 2.75) is 12.3 Å². The number of aliphatic hydroxyl groups is 3. The monoisotopic (exact) mass is 246 g/mol. The lowest BCUT2D eigenvalue weighted by atomic mass is 10.4. The third-order valence-electron chi connectivity index (χ3n) is 1.94. The fraction of sp³-hybridized carbons (Fsp3) is 0.625. The number of hydrogen-bond donors (Lipinski definition) is 4. The van der Waals surface area contributed by atoms with Gasteiger partial charge < -0.3 is 25.8 Å². The maximum atomic E-state index is 10.8. The summed E-state index contributed by atoms with van der Waals surface area (Å²) in [5.41, 5.74) is 4.96. The molecular formula is C8H14N4O5. The van der Waals surface area contributed by atoms with Gasteiger partial charge in [-0.2, -0.15) is 0 Å². The third-order valence-corrected chi connectivity index (χ3v) is 1.94. The van der Waals surface area contributed by atoms with Crippen LogP contribution >= 0.6 is 0 Å². The van der Waals surface area contributed by atoms with E-state index in [1.807, 2.05) is 0 Å². The molecule has 9 nitrogen and oxygen atoms in total. The number of nitrogens with zero attached hydrogens (tertiary/aromatic N) is 3. The molecule has 17 heavy (non-hydrogen) atoms. The number of hydrogen-bond acceptors (Lipinski definition) is 7. The van der Waals surface area contributed by atoms with Crippen LogP contribution < -0.4 is 5.73 Å². The van der Waals surface area contributed by atoms with E-state index in [2.05, 4.69) is 10.1 Å². The van der Waals surface area contributed by atoms with Crippen LogP contribution in [0.25, 0.3) is 0 Å². The summed E-state index contributed by atoms with van der Waals surface area (Å²) in [7, 11) is 0. The van der Waals surface area contributed by atoms with E-state index < -0.39 is 38.1 Å². The molecule has 0 unspecified atom stereocenters. The second kappa shape index (κ2) is 6.25. The van der Waals surface area contributed by atoms with Gasteiger partial charge in [0.25, 0.3) is 5.91 Å². The first kappa shape index (κ1) is 13.5. The highest BCUT2D eigenvalue weighted by Crippen LogP contribution is 2.09. The fourth-order valence-electron chi connectivity index (χ4n) is 1.08. The Balaban J connectivity index is 2.75. The summed E-state index contributed by atoms with van der Waals surface area (Å²) in [4.78, 5) is 14.4. The first-order valence-corrected chi connectivity index (χ1v) is 4.81. The fourth-order valence-corrected chi connectivity index (χ4v) is 1.08. The standard InChI is InChI=1S/C8H14N4O5/c9-7(16)8-10-4-12(11-8)6(3-15)17-5(1-13)2-14/h4-6,13-15H,1-3H2,(H2,9,16)/t6-/m1/s1. The van der Waals surface area contributed by atoms with Gasteiger partial charge in [0.1, 0.15) is 12.4 Å². The second-order valence-corrected chi connectivity index (χ2v) is 3.17. The Bertz CT molecular complexity index is 365. The maximum Gasteiger partial charge on any atom is 0.288 e. The molecule has 0 saturated heterocycles. The van der Waals surface area contributed by atoms with Gasteiger partial charge in [0.15, 0.2) is 6.23 Å². The Morgan fingerprint density at radius 2 is 2.06 bits per heavy atom. The Morgan fingerprint density at radius 1 is 1.41 bits per heavy atom. The highest BCUT2D eigenvalue weighted by Gasteiger charge is 2.19. The zero-order valence-corrected chi connectivity index (χ0v) is 8.93. The SMILES string of the molecule is NC(=O)c1ncn([C@@H](CO)OC(CO)CO)n1. The number of amides is 1. The quantitative estimate of drug-likeness (QED) is 0.408. The van der Waals surface area contributed by atoms with Crippen molar-refractivity contribution in [3.63, 3.8) is 0 Å². The lowest BCUT2D eigenvalue weighted by Crippen LogP contribution is -2.29. The zero-order chi connectivity index (χ0) is 12.8. The van der Waals surface area contributed by atoms with E-state index in [0.29, 0.717) is 0 Å². The van der Waals surface area contributed by atoms with Crippen LogP contribution in [0.2, 0.25) is 0 Å². The average molecular weight is 246 g/mol. The van der Waals surface area contributed by atoms with Crippen molar-refractivity contribution in [1.29, 1.82) is 0 Å². The number of rotatable bonds is 7. The Kier molecular flexibility index (Phi) is 4.97. The second-order valence-electron chi connectivity index (χ2n) is 3.17. The van der Waals surface area contributed by atoms with E-state index in [0.717, 1.165) is 11.0 Å². The van der Waals surface area contributed by atoms with Crippen molar-refractivity contribution in [2.24, 2.45) is 5.73 Å². The van der Waals surface area contributed by atoms with Crippen LogP contribution in [0.15, 0.2) is 6.33 Å². The van der Waals surface area contributed by atoms with Crippen LogP contribution in [-0.2, 0) is 4.74 Å². The Hall–Kier alpha value is -1.55. The predicted molar refractivity (Wildman–Crippen MR) is 53.7 cm³/mol. The number of carbonyl (C=O) groups excluding carboxylic acids is 1. The van der Waals surface area contributed by atoms with Gasteiger partial charge in [0, 0.05) is 0 Å². The topological polar surface area (TPSA) is 144 Å². The molecule has 0 saturated carbocycles. The molecule has 1 rings (SSSR count). The molecule has 0 aromatic carbocycles. The lowest BCUT2D eigenvalue weighted by molar-refractivity contribution is -0.116. The molecule has 0 fully saturated rings. The molecule has 5 N–H and O–H groups in total. The van der Waals surface area contributed by atoms with E-state index in [4.69, 9.17) is 25.8 Å². The predicted octanol–water partition coefficient (Wildman–Crippen LogP) is -2.76. The van der Waals surface area contributed by atoms with E-state index in [1.54, 1.807) is 0 Å². The molecule has 0 aliphatic rings. The summed E-state index contributed by atoms with van der Waals surface area (Å²) in [5.74, 6) is -1.02. The van der Waals surface area contributed by atoms with Gasteiger partial charge in [-0.05, 0) is 0 Å². The molecule has 1 atom stereocenters. The summed E-state index contributed by atoms with van der Waals surface area (Å²) in [6, 6.07) is 0. The zero-order valence-electron chi connectivity index (χ0n) is 8.93. The van der Waals surface area contributed by atoms with Gasteiger partial charge in [0.2, 0.25) is 5.82 Å². The van der Waals surface area contributed by atoms with Crippen molar-refractivity contribution in [1.82, 2.24) is 14.8 Å². The normalized spacial score (nSPS) is 12.9. The van der Waals surface area contributed by atoms with Crippen LogP contribution in [0.5, 0.6) is 0 Å². The lowest BCUT2D eigenvalue weighted by Gasteiger charge is -2.20. The largest absolute Gasteiger partial charge is 0.394 e. The highest BCUT2D eigenvalue weighted by atomic mass is 16.5. The number of aromatic nitrogens is 3. The van der Waals surface area contributed by atoms with Gasteiger partial charge in [-0.15, -0.1) is 5.10 Å². The molecule has 9 heteroatoms. The first-order valence-electron chi connectivity index (χ1n) is 4.81. The summed E-state index contributed by atoms with van der Waals surface area (Å²) < 4.78 is 6.22. The number of carbonyl (C=O) groups is 1. The maximum absolute atomic E-state index is 10.8. The molecule has 0 bridgehead atoms.